The molecular weight excluding hydrogens is 273 g/mol. The van der Waals surface area contributed by atoms with Crippen LogP contribution in [0.4, 0.5) is 13.2 Å². The molecule has 0 bridgehead atoms. The van der Waals surface area contributed by atoms with Crippen LogP contribution in [0.15, 0.2) is 12.4 Å². The summed E-state index contributed by atoms with van der Waals surface area (Å²) in [6, 6.07) is -0.344. The summed E-state index contributed by atoms with van der Waals surface area (Å²) in [7, 11) is 1.66. The van der Waals surface area contributed by atoms with E-state index in [-0.39, 0.29) is 6.04 Å². The SMILES string of the molecule is CNC(c1cnns1)c1cnc(C(F)(F)F)s1. The first-order valence-corrected chi connectivity index (χ1v) is 6.09. The van der Waals surface area contributed by atoms with Crippen molar-refractivity contribution in [3.05, 3.63) is 27.2 Å². The van der Waals surface area contributed by atoms with Crippen LogP contribution in [0, 0.1) is 0 Å². The Morgan fingerprint density at radius 3 is 2.53 bits per heavy atom. The molecule has 1 unspecified atom stereocenters. The highest BCUT2D eigenvalue weighted by molar-refractivity contribution is 7.12. The van der Waals surface area contributed by atoms with Crippen molar-refractivity contribution in [3.63, 3.8) is 0 Å². The van der Waals surface area contributed by atoms with Gasteiger partial charge in [-0.05, 0) is 18.6 Å². The third kappa shape index (κ3) is 2.61. The molecule has 2 rings (SSSR count). The molecular formula is C8H7F3N4S2. The number of alkyl halides is 3. The maximum absolute atomic E-state index is 12.4. The number of aromatic nitrogens is 3. The van der Waals surface area contributed by atoms with E-state index in [0.29, 0.717) is 16.2 Å². The minimum Gasteiger partial charge on any atom is -0.308 e. The molecule has 17 heavy (non-hydrogen) atoms. The number of rotatable bonds is 3. The van der Waals surface area contributed by atoms with Crippen LogP contribution in [-0.2, 0) is 6.18 Å². The number of hydrogen-bond acceptors (Lipinski definition) is 6. The summed E-state index contributed by atoms with van der Waals surface area (Å²) >= 11 is 1.76. The van der Waals surface area contributed by atoms with E-state index < -0.39 is 11.2 Å². The third-order valence-corrected chi connectivity index (χ3v) is 3.84. The largest absolute Gasteiger partial charge is 0.443 e. The zero-order valence-electron chi connectivity index (χ0n) is 8.52. The van der Waals surface area contributed by atoms with Gasteiger partial charge in [-0.25, -0.2) is 4.98 Å². The van der Waals surface area contributed by atoms with Gasteiger partial charge in [-0.15, -0.1) is 16.4 Å². The van der Waals surface area contributed by atoms with Gasteiger partial charge in [0.1, 0.15) is 0 Å². The predicted molar refractivity (Wildman–Crippen MR) is 57.9 cm³/mol. The summed E-state index contributed by atoms with van der Waals surface area (Å²) in [6.45, 7) is 0. The third-order valence-electron chi connectivity index (χ3n) is 2.00. The van der Waals surface area contributed by atoms with E-state index in [0.717, 1.165) is 16.4 Å². The van der Waals surface area contributed by atoms with Crippen molar-refractivity contribution in [1.29, 1.82) is 0 Å². The Kier molecular flexibility index (Phi) is 3.40. The molecule has 0 aromatic carbocycles. The van der Waals surface area contributed by atoms with E-state index >= 15 is 0 Å². The summed E-state index contributed by atoms with van der Waals surface area (Å²) in [6.07, 6.45) is -1.64. The van der Waals surface area contributed by atoms with Crippen molar-refractivity contribution in [2.24, 2.45) is 0 Å². The first-order valence-electron chi connectivity index (χ1n) is 4.50. The van der Waals surface area contributed by atoms with E-state index in [9.17, 15) is 13.2 Å². The first kappa shape index (κ1) is 12.4. The molecule has 92 valence electrons. The monoisotopic (exact) mass is 280 g/mol. The molecule has 4 nitrogen and oxygen atoms in total. The number of nitrogens with zero attached hydrogens (tertiary/aromatic N) is 3. The lowest BCUT2D eigenvalue weighted by Gasteiger charge is -2.10. The fourth-order valence-corrected chi connectivity index (χ4v) is 2.90. The molecule has 1 N–H and O–H groups in total. The molecule has 0 aliphatic heterocycles. The van der Waals surface area contributed by atoms with E-state index in [1.165, 1.54) is 12.4 Å². The lowest BCUT2D eigenvalue weighted by molar-refractivity contribution is -0.137. The van der Waals surface area contributed by atoms with Crippen LogP contribution in [0.3, 0.4) is 0 Å². The second-order valence-corrected chi connectivity index (χ2v) is 4.99. The summed E-state index contributed by atoms with van der Waals surface area (Å²) in [5.74, 6) is 0. The number of halogens is 3. The highest BCUT2D eigenvalue weighted by Gasteiger charge is 2.35. The first-order chi connectivity index (χ1) is 8.02. The Morgan fingerprint density at radius 2 is 2.06 bits per heavy atom. The minimum atomic E-state index is -4.40. The van der Waals surface area contributed by atoms with E-state index in [4.69, 9.17) is 0 Å². The molecule has 9 heteroatoms. The Balaban J connectivity index is 2.30. The molecule has 2 heterocycles. The van der Waals surface area contributed by atoms with Crippen molar-refractivity contribution < 1.29 is 13.2 Å². The van der Waals surface area contributed by atoms with Gasteiger partial charge in [0.2, 0.25) is 0 Å². The molecule has 0 amide bonds. The normalized spacial score (nSPS) is 13.9. The Hall–Kier alpha value is -1.06. The number of hydrogen-bond donors (Lipinski definition) is 1. The van der Waals surface area contributed by atoms with Gasteiger partial charge >= 0.3 is 6.18 Å². The summed E-state index contributed by atoms with van der Waals surface area (Å²) in [5, 5.41) is 5.74. The van der Waals surface area contributed by atoms with Crippen molar-refractivity contribution in [2.75, 3.05) is 7.05 Å². The molecule has 2 aromatic rings. The maximum Gasteiger partial charge on any atom is 0.443 e. The zero-order chi connectivity index (χ0) is 12.5. The molecule has 2 aromatic heterocycles. The fraction of sp³-hybridized carbons (Fsp3) is 0.375. The Labute approximate surface area is 103 Å². The molecule has 0 spiro atoms. The van der Waals surface area contributed by atoms with Gasteiger partial charge in [0, 0.05) is 11.1 Å². The zero-order valence-corrected chi connectivity index (χ0v) is 10.2. The van der Waals surface area contributed by atoms with Crippen molar-refractivity contribution in [2.45, 2.75) is 12.2 Å². The quantitative estimate of drug-likeness (QED) is 0.937. The van der Waals surface area contributed by atoms with Gasteiger partial charge in [0.15, 0.2) is 5.01 Å². The summed E-state index contributed by atoms with van der Waals surface area (Å²) in [4.78, 5) is 4.63. The average molecular weight is 280 g/mol. The fourth-order valence-electron chi connectivity index (χ4n) is 1.28. The van der Waals surface area contributed by atoms with E-state index in [2.05, 4.69) is 19.9 Å². The van der Waals surface area contributed by atoms with Crippen molar-refractivity contribution >= 4 is 22.9 Å². The molecule has 1 atom stereocenters. The van der Waals surface area contributed by atoms with Crippen molar-refractivity contribution in [1.82, 2.24) is 19.9 Å². The predicted octanol–water partition coefficient (Wildman–Crippen LogP) is 2.32. The Morgan fingerprint density at radius 1 is 1.29 bits per heavy atom. The molecule has 0 fully saturated rings. The van der Waals surface area contributed by atoms with Gasteiger partial charge in [-0.3, -0.25) is 0 Å². The summed E-state index contributed by atoms with van der Waals surface area (Å²) < 4.78 is 40.9. The van der Waals surface area contributed by atoms with Crippen LogP contribution in [-0.4, -0.2) is 21.6 Å². The van der Waals surface area contributed by atoms with Gasteiger partial charge in [-0.2, -0.15) is 13.2 Å². The van der Waals surface area contributed by atoms with E-state index in [1.807, 2.05) is 0 Å². The molecule has 0 aliphatic carbocycles. The van der Waals surface area contributed by atoms with Gasteiger partial charge in [0.05, 0.1) is 17.1 Å². The van der Waals surface area contributed by atoms with Gasteiger partial charge in [-0.1, -0.05) is 4.49 Å². The smallest absolute Gasteiger partial charge is 0.308 e. The van der Waals surface area contributed by atoms with Crippen LogP contribution in [0.2, 0.25) is 0 Å². The highest BCUT2D eigenvalue weighted by atomic mass is 32.1. The maximum atomic E-state index is 12.4. The van der Waals surface area contributed by atoms with Crippen molar-refractivity contribution in [3.8, 4) is 0 Å². The lowest BCUT2D eigenvalue weighted by Crippen LogP contribution is -2.15. The standard InChI is InChI=1S/C8H7F3N4S2/c1-12-6(5-3-14-15-17-5)4-2-13-7(16-4)8(9,10)11/h2-3,6,12H,1H3. The van der Waals surface area contributed by atoms with Crippen LogP contribution in [0.5, 0.6) is 0 Å². The second kappa shape index (κ2) is 4.67. The van der Waals surface area contributed by atoms with Crippen LogP contribution in [0.25, 0.3) is 0 Å². The molecule has 0 radical (unpaired) electrons. The van der Waals surface area contributed by atoms with Gasteiger partial charge in [0.25, 0.3) is 0 Å². The highest BCUT2D eigenvalue weighted by Crippen LogP contribution is 2.36. The number of thiazole rings is 1. The average Bonchev–Trinajstić information content (AvgIpc) is 2.87. The topological polar surface area (TPSA) is 50.7 Å². The summed E-state index contributed by atoms with van der Waals surface area (Å²) in [5.41, 5.74) is 0. The molecule has 0 saturated heterocycles. The second-order valence-electron chi connectivity index (χ2n) is 3.11. The van der Waals surface area contributed by atoms with Crippen LogP contribution in [0.1, 0.15) is 20.8 Å². The van der Waals surface area contributed by atoms with Crippen LogP contribution < -0.4 is 5.32 Å². The molecule has 0 saturated carbocycles. The minimum absolute atomic E-state index is 0.344. The van der Waals surface area contributed by atoms with Gasteiger partial charge < -0.3 is 5.32 Å². The lowest BCUT2D eigenvalue weighted by atomic mass is 10.2. The van der Waals surface area contributed by atoms with E-state index in [1.54, 1.807) is 7.05 Å². The Bertz CT molecular complexity index is 479. The molecule has 0 aliphatic rings. The number of nitrogens with one attached hydrogen (secondary N) is 1. The van der Waals surface area contributed by atoms with Crippen LogP contribution >= 0.6 is 22.9 Å².